The Morgan fingerprint density at radius 2 is 1.85 bits per heavy atom. The maximum Gasteiger partial charge on any atom is 0.207 e. The van der Waals surface area contributed by atoms with Crippen LogP contribution < -0.4 is 5.32 Å². The second-order valence-corrected chi connectivity index (χ2v) is 5.35. The van der Waals surface area contributed by atoms with E-state index in [9.17, 15) is 9.59 Å². The molecule has 0 saturated heterocycles. The fourth-order valence-corrected chi connectivity index (χ4v) is 2.71. The molecule has 1 atom stereocenters. The predicted octanol–water partition coefficient (Wildman–Crippen LogP) is 2.22. The molecule has 0 spiro atoms. The average molecular weight is 272 g/mol. The molecule has 0 radical (unpaired) electrons. The van der Waals surface area contributed by atoms with E-state index in [0.29, 0.717) is 18.7 Å². The lowest BCUT2D eigenvalue weighted by molar-refractivity contribution is -0.115. The number of amides is 1. The molecular formula is C16H20N2O2. The van der Waals surface area contributed by atoms with E-state index in [1.54, 1.807) is 0 Å². The van der Waals surface area contributed by atoms with Gasteiger partial charge in [0.15, 0.2) is 0 Å². The molecule has 106 valence electrons. The summed E-state index contributed by atoms with van der Waals surface area (Å²) in [6, 6.07) is 7.82. The quantitative estimate of drug-likeness (QED) is 0.779. The molecule has 1 aromatic rings. The second kappa shape index (κ2) is 6.98. The van der Waals surface area contributed by atoms with Gasteiger partial charge in [-0.05, 0) is 49.1 Å². The van der Waals surface area contributed by atoms with Crippen molar-refractivity contribution in [3.05, 3.63) is 35.4 Å². The molecule has 0 aliphatic heterocycles. The monoisotopic (exact) mass is 272 g/mol. The summed E-state index contributed by atoms with van der Waals surface area (Å²) in [5, 5.41) is 10.1. The first-order valence-electron chi connectivity index (χ1n) is 7.03. The predicted molar refractivity (Wildman–Crippen MR) is 78.1 cm³/mol. The van der Waals surface area contributed by atoms with Gasteiger partial charge in [-0.2, -0.15) is 0 Å². The van der Waals surface area contributed by atoms with Crippen molar-refractivity contribution in [2.45, 2.75) is 44.1 Å². The Morgan fingerprint density at radius 1 is 1.20 bits per heavy atom. The molecule has 1 aromatic carbocycles. The van der Waals surface area contributed by atoms with E-state index in [-0.39, 0.29) is 0 Å². The Bertz CT molecular complexity index is 472. The van der Waals surface area contributed by atoms with Crippen LogP contribution in [0.25, 0.3) is 0 Å². The maximum absolute atomic E-state index is 10.8. The van der Waals surface area contributed by atoms with Crippen LogP contribution in [-0.4, -0.2) is 24.4 Å². The van der Waals surface area contributed by atoms with E-state index >= 15 is 0 Å². The standard InChI is InChI=1S/C16H20N2O2/c17-15-7-5-14(6-8-15)13-3-1-12(2-4-13)9-16(10-19)18-11-20/h1-4,10-11,14,16-17H,5-9H2,(H,18,20)/t14?,16-/m0/s1. The lowest BCUT2D eigenvalue weighted by Gasteiger charge is -2.23. The summed E-state index contributed by atoms with van der Waals surface area (Å²) in [7, 11) is 0. The van der Waals surface area contributed by atoms with Crippen LogP contribution in [0.5, 0.6) is 0 Å². The minimum Gasteiger partial charge on any atom is -0.349 e. The zero-order chi connectivity index (χ0) is 14.4. The van der Waals surface area contributed by atoms with Gasteiger partial charge in [-0.3, -0.25) is 4.79 Å². The number of aldehydes is 1. The first-order chi connectivity index (χ1) is 9.72. The van der Waals surface area contributed by atoms with Crippen LogP contribution in [0, 0.1) is 5.41 Å². The summed E-state index contributed by atoms with van der Waals surface area (Å²) < 4.78 is 0. The van der Waals surface area contributed by atoms with Gasteiger partial charge in [-0.15, -0.1) is 0 Å². The Kier molecular flexibility index (Phi) is 5.04. The van der Waals surface area contributed by atoms with Crippen molar-refractivity contribution < 1.29 is 9.59 Å². The average Bonchev–Trinajstić information content (AvgIpc) is 2.48. The van der Waals surface area contributed by atoms with Gasteiger partial charge in [0.25, 0.3) is 0 Å². The van der Waals surface area contributed by atoms with Crippen molar-refractivity contribution in [1.82, 2.24) is 5.32 Å². The topological polar surface area (TPSA) is 70.0 Å². The highest BCUT2D eigenvalue weighted by Gasteiger charge is 2.18. The van der Waals surface area contributed by atoms with Crippen LogP contribution in [0.2, 0.25) is 0 Å². The Hall–Kier alpha value is -1.97. The Balaban J connectivity index is 1.97. The zero-order valence-electron chi connectivity index (χ0n) is 11.5. The molecule has 1 saturated carbocycles. The van der Waals surface area contributed by atoms with Crippen molar-refractivity contribution in [3.63, 3.8) is 0 Å². The van der Waals surface area contributed by atoms with E-state index in [1.165, 1.54) is 5.56 Å². The summed E-state index contributed by atoms with van der Waals surface area (Å²) in [6.45, 7) is 0. The molecule has 1 aliphatic carbocycles. The fourth-order valence-electron chi connectivity index (χ4n) is 2.71. The van der Waals surface area contributed by atoms with Gasteiger partial charge in [-0.25, -0.2) is 0 Å². The van der Waals surface area contributed by atoms with Crippen LogP contribution in [0.15, 0.2) is 24.3 Å². The van der Waals surface area contributed by atoms with Crippen LogP contribution in [0.3, 0.4) is 0 Å². The molecule has 2 rings (SSSR count). The first kappa shape index (κ1) is 14.4. The number of rotatable bonds is 6. The van der Waals surface area contributed by atoms with Gasteiger partial charge in [-0.1, -0.05) is 24.3 Å². The number of carbonyl (C=O) groups excluding carboxylic acids is 2. The minimum atomic E-state index is -0.450. The third-order valence-electron chi connectivity index (χ3n) is 3.94. The third kappa shape index (κ3) is 3.76. The largest absolute Gasteiger partial charge is 0.349 e. The summed E-state index contributed by atoms with van der Waals surface area (Å²) >= 11 is 0. The van der Waals surface area contributed by atoms with E-state index in [2.05, 4.69) is 17.4 Å². The van der Waals surface area contributed by atoms with E-state index < -0.39 is 6.04 Å². The summed E-state index contributed by atoms with van der Waals surface area (Å²) in [5.41, 5.74) is 3.22. The number of hydrogen-bond acceptors (Lipinski definition) is 3. The van der Waals surface area contributed by atoms with Gasteiger partial charge in [0, 0.05) is 5.71 Å². The molecule has 4 heteroatoms. The van der Waals surface area contributed by atoms with Crippen molar-refractivity contribution in [2.24, 2.45) is 0 Å². The highest BCUT2D eigenvalue weighted by atomic mass is 16.1. The molecule has 1 aliphatic rings. The molecule has 4 nitrogen and oxygen atoms in total. The molecule has 1 amide bonds. The smallest absolute Gasteiger partial charge is 0.207 e. The maximum atomic E-state index is 10.8. The molecule has 0 aromatic heterocycles. The van der Waals surface area contributed by atoms with E-state index in [4.69, 9.17) is 5.41 Å². The van der Waals surface area contributed by atoms with Crippen molar-refractivity contribution >= 4 is 18.4 Å². The number of benzene rings is 1. The third-order valence-corrected chi connectivity index (χ3v) is 3.94. The lowest BCUT2D eigenvalue weighted by Crippen LogP contribution is -2.31. The van der Waals surface area contributed by atoms with Gasteiger partial charge >= 0.3 is 0 Å². The Morgan fingerprint density at radius 3 is 2.40 bits per heavy atom. The number of nitrogens with one attached hydrogen (secondary N) is 2. The van der Waals surface area contributed by atoms with Crippen LogP contribution in [0.4, 0.5) is 0 Å². The highest BCUT2D eigenvalue weighted by molar-refractivity contribution is 5.82. The van der Waals surface area contributed by atoms with Crippen LogP contribution in [-0.2, 0) is 16.0 Å². The molecule has 1 fully saturated rings. The molecule has 2 N–H and O–H groups in total. The molecular weight excluding hydrogens is 252 g/mol. The van der Waals surface area contributed by atoms with Crippen LogP contribution in [0.1, 0.15) is 42.7 Å². The van der Waals surface area contributed by atoms with Gasteiger partial charge < -0.3 is 15.5 Å². The number of carbonyl (C=O) groups is 2. The van der Waals surface area contributed by atoms with Crippen molar-refractivity contribution in [2.75, 3.05) is 0 Å². The summed E-state index contributed by atoms with van der Waals surface area (Å²) in [5.74, 6) is 0.549. The van der Waals surface area contributed by atoms with Crippen LogP contribution >= 0.6 is 0 Å². The fraction of sp³-hybridized carbons (Fsp3) is 0.438. The highest BCUT2D eigenvalue weighted by Crippen LogP contribution is 2.31. The molecule has 0 unspecified atom stereocenters. The molecule has 0 heterocycles. The van der Waals surface area contributed by atoms with Gasteiger partial charge in [0.1, 0.15) is 6.29 Å². The lowest BCUT2D eigenvalue weighted by atomic mass is 9.83. The molecule has 0 bridgehead atoms. The van der Waals surface area contributed by atoms with Crippen molar-refractivity contribution in [3.8, 4) is 0 Å². The molecule has 20 heavy (non-hydrogen) atoms. The minimum absolute atomic E-state index is 0.450. The Labute approximate surface area is 119 Å². The van der Waals surface area contributed by atoms with E-state index in [0.717, 1.165) is 43.2 Å². The second-order valence-electron chi connectivity index (χ2n) is 5.35. The SMILES string of the molecule is N=C1CCC(c2ccc(C[C@@H](C=O)NC=O)cc2)CC1. The number of hydrogen-bond donors (Lipinski definition) is 2. The van der Waals surface area contributed by atoms with Crippen molar-refractivity contribution in [1.29, 1.82) is 5.41 Å². The zero-order valence-corrected chi connectivity index (χ0v) is 11.5. The summed E-state index contributed by atoms with van der Waals surface area (Å²) in [6.07, 6.45) is 5.77. The van der Waals surface area contributed by atoms with E-state index in [1.807, 2.05) is 12.1 Å². The first-order valence-corrected chi connectivity index (χ1v) is 7.03. The summed E-state index contributed by atoms with van der Waals surface area (Å²) in [4.78, 5) is 21.2. The van der Waals surface area contributed by atoms with Gasteiger partial charge in [0.05, 0.1) is 6.04 Å². The normalized spacial score (nSPS) is 20.2. The van der Waals surface area contributed by atoms with Gasteiger partial charge in [0.2, 0.25) is 6.41 Å².